The van der Waals surface area contributed by atoms with Crippen molar-refractivity contribution in [1.29, 1.82) is 0 Å². The van der Waals surface area contributed by atoms with Crippen molar-refractivity contribution in [2.45, 2.75) is 117 Å². The number of hydrogen-bond acceptors (Lipinski definition) is 2. The second-order valence-electron chi connectivity index (χ2n) is 10.3. The molecule has 0 atom stereocenters. The second kappa shape index (κ2) is 14.5. The van der Waals surface area contributed by atoms with E-state index in [0.29, 0.717) is 0 Å². The minimum absolute atomic E-state index is 0.0949. The van der Waals surface area contributed by atoms with Gasteiger partial charge in [-0.1, -0.05) is 103 Å². The molecule has 3 heteroatoms. The Labute approximate surface area is 201 Å². The van der Waals surface area contributed by atoms with E-state index in [-0.39, 0.29) is 5.82 Å². The fourth-order valence-corrected chi connectivity index (χ4v) is 5.32. The SMILES string of the molecule is CCCCCCCc1ccc(-c2ccc(CCC3CCC(CCCCC)CC3)c(F)c2)nn1. The van der Waals surface area contributed by atoms with Crippen LogP contribution in [0.3, 0.4) is 0 Å². The van der Waals surface area contributed by atoms with Gasteiger partial charge >= 0.3 is 0 Å². The van der Waals surface area contributed by atoms with Crippen LogP contribution in [-0.4, -0.2) is 10.2 Å². The maximum Gasteiger partial charge on any atom is 0.127 e. The first kappa shape index (κ1) is 25.8. The molecule has 1 saturated carbocycles. The van der Waals surface area contributed by atoms with E-state index in [4.69, 9.17) is 0 Å². The van der Waals surface area contributed by atoms with Gasteiger partial charge in [0, 0.05) is 5.56 Å². The molecule has 1 aliphatic rings. The van der Waals surface area contributed by atoms with E-state index in [0.717, 1.165) is 60.0 Å². The standard InChI is InChI=1S/C30H45FN2/c1-3-5-7-8-10-12-28-21-22-30(33-32-28)27-20-19-26(29(31)23-27)18-17-25-15-13-24(14-16-25)11-9-6-4-2/h19-25H,3-18H2,1-2H3. The van der Waals surface area contributed by atoms with Gasteiger partial charge < -0.3 is 0 Å². The summed E-state index contributed by atoms with van der Waals surface area (Å²) >= 11 is 0. The van der Waals surface area contributed by atoms with Crippen molar-refractivity contribution >= 4 is 0 Å². The fourth-order valence-electron chi connectivity index (χ4n) is 5.32. The summed E-state index contributed by atoms with van der Waals surface area (Å²) in [7, 11) is 0. The molecule has 1 aromatic carbocycles. The van der Waals surface area contributed by atoms with Crippen molar-refractivity contribution in [1.82, 2.24) is 10.2 Å². The highest BCUT2D eigenvalue weighted by atomic mass is 19.1. The van der Waals surface area contributed by atoms with Crippen LogP contribution in [0.5, 0.6) is 0 Å². The number of rotatable bonds is 14. The molecule has 0 radical (unpaired) electrons. The Kier molecular flexibility index (Phi) is 11.3. The zero-order valence-corrected chi connectivity index (χ0v) is 21.1. The molecule has 1 aliphatic carbocycles. The molecular weight excluding hydrogens is 407 g/mol. The maximum atomic E-state index is 14.8. The minimum atomic E-state index is -0.0949. The summed E-state index contributed by atoms with van der Waals surface area (Å²) in [5, 5.41) is 8.75. The lowest BCUT2D eigenvalue weighted by atomic mass is 9.77. The lowest BCUT2D eigenvalue weighted by Gasteiger charge is -2.28. The number of benzene rings is 1. The van der Waals surface area contributed by atoms with Crippen LogP contribution in [-0.2, 0) is 12.8 Å². The summed E-state index contributed by atoms with van der Waals surface area (Å²) in [5.74, 6) is 1.62. The molecule has 0 aliphatic heterocycles. The van der Waals surface area contributed by atoms with E-state index >= 15 is 0 Å². The van der Waals surface area contributed by atoms with Crippen molar-refractivity contribution < 1.29 is 4.39 Å². The molecule has 0 saturated heterocycles. The normalized spacial score (nSPS) is 18.5. The van der Waals surface area contributed by atoms with E-state index < -0.39 is 0 Å². The summed E-state index contributed by atoms with van der Waals surface area (Å²) in [6.45, 7) is 4.52. The van der Waals surface area contributed by atoms with E-state index in [1.54, 1.807) is 6.07 Å². The minimum Gasteiger partial charge on any atom is -0.207 e. The molecule has 1 aromatic heterocycles. The van der Waals surface area contributed by atoms with Crippen LogP contribution < -0.4 is 0 Å². The molecule has 1 fully saturated rings. The Bertz CT molecular complexity index is 793. The van der Waals surface area contributed by atoms with Gasteiger partial charge in [0.2, 0.25) is 0 Å². The lowest BCUT2D eigenvalue weighted by Crippen LogP contribution is -2.15. The van der Waals surface area contributed by atoms with Gasteiger partial charge in [-0.05, 0) is 61.3 Å². The number of hydrogen-bond donors (Lipinski definition) is 0. The smallest absolute Gasteiger partial charge is 0.127 e. The van der Waals surface area contributed by atoms with Crippen LogP contribution in [0.2, 0.25) is 0 Å². The van der Waals surface area contributed by atoms with E-state index in [1.165, 1.54) is 77.0 Å². The summed E-state index contributed by atoms with van der Waals surface area (Å²) in [6.07, 6.45) is 20.2. The first-order chi connectivity index (χ1) is 16.2. The molecule has 0 bridgehead atoms. The predicted molar refractivity (Wildman–Crippen MR) is 138 cm³/mol. The average molecular weight is 453 g/mol. The highest BCUT2D eigenvalue weighted by molar-refractivity contribution is 5.59. The van der Waals surface area contributed by atoms with Crippen LogP contribution in [0.1, 0.15) is 115 Å². The highest BCUT2D eigenvalue weighted by Crippen LogP contribution is 2.34. The Hall–Kier alpha value is -1.77. The Morgan fingerprint density at radius 3 is 2.09 bits per heavy atom. The fraction of sp³-hybridized carbons (Fsp3) is 0.667. The highest BCUT2D eigenvalue weighted by Gasteiger charge is 2.21. The van der Waals surface area contributed by atoms with Gasteiger partial charge in [-0.2, -0.15) is 10.2 Å². The first-order valence-electron chi connectivity index (χ1n) is 13.8. The van der Waals surface area contributed by atoms with Crippen molar-refractivity contribution in [2.75, 3.05) is 0 Å². The monoisotopic (exact) mass is 452 g/mol. The molecule has 2 aromatic rings. The largest absolute Gasteiger partial charge is 0.207 e. The van der Waals surface area contributed by atoms with Gasteiger partial charge in [0.15, 0.2) is 0 Å². The van der Waals surface area contributed by atoms with Crippen molar-refractivity contribution in [3.05, 3.63) is 47.4 Å². The summed E-state index contributed by atoms with van der Waals surface area (Å²) in [6, 6.07) is 9.66. The molecule has 3 rings (SSSR count). The average Bonchev–Trinajstić information content (AvgIpc) is 2.84. The third kappa shape index (κ3) is 8.83. The summed E-state index contributed by atoms with van der Waals surface area (Å²) in [4.78, 5) is 0. The molecule has 0 spiro atoms. The zero-order chi connectivity index (χ0) is 23.3. The molecule has 0 N–H and O–H groups in total. The van der Waals surface area contributed by atoms with Gasteiger partial charge in [-0.3, -0.25) is 0 Å². The van der Waals surface area contributed by atoms with E-state index in [1.807, 2.05) is 24.3 Å². The summed E-state index contributed by atoms with van der Waals surface area (Å²) in [5.41, 5.74) is 3.47. The van der Waals surface area contributed by atoms with Crippen molar-refractivity contribution in [2.24, 2.45) is 11.8 Å². The van der Waals surface area contributed by atoms with Crippen LogP contribution >= 0.6 is 0 Å². The van der Waals surface area contributed by atoms with Crippen LogP contribution in [0, 0.1) is 17.7 Å². The first-order valence-corrected chi connectivity index (χ1v) is 13.8. The maximum absolute atomic E-state index is 14.8. The van der Waals surface area contributed by atoms with Crippen LogP contribution in [0.25, 0.3) is 11.3 Å². The van der Waals surface area contributed by atoms with Crippen LogP contribution in [0.15, 0.2) is 30.3 Å². The van der Waals surface area contributed by atoms with E-state index in [9.17, 15) is 4.39 Å². The lowest BCUT2D eigenvalue weighted by molar-refractivity contribution is 0.248. The second-order valence-corrected chi connectivity index (χ2v) is 10.3. The quantitative estimate of drug-likeness (QED) is 0.267. The number of aromatic nitrogens is 2. The topological polar surface area (TPSA) is 25.8 Å². The number of unbranched alkanes of at least 4 members (excludes halogenated alkanes) is 6. The third-order valence-corrected chi connectivity index (χ3v) is 7.61. The number of halogens is 1. The van der Waals surface area contributed by atoms with Gasteiger partial charge in [-0.15, -0.1) is 0 Å². The van der Waals surface area contributed by atoms with Gasteiger partial charge in [-0.25, -0.2) is 4.39 Å². The Morgan fingerprint density at radius 1 is 0.727 bits per heavy atom. The number of nitrogens with zero attached hydrogens (tertiary/aromatic N) is 2. The molecule has 0 amide bonds. The molecule has 33 heavy (non-hydrogen) atoms. The summed E-state index contributed by atoms with van der Waals surface area (Å²) < 4.78 is 14.8. The van der Waals surface area contributed by atoms with Crippen LogP contribution in [0.4, 0.5) is 4.39 Å². The van der Waals surface area contributed by atoms with Gasteiger partial charge in [0.1, 0.15) is 5.82 Å². The molecule has 2 nitrogen and oxygen atoms in total. The number of aryl methyl sites for hydroxylation is 2. The van der Waals surface area contributed by atoms with Gasteiger partial charge in [0.05, 0.1) is 11.4 Å². The zero-order valence-electron chi connectivity index (χ0n) is 21.1. The Morgan fingerprint density at radius 2 is 1.42 bits per heavy atom. The molecule has 182 valence electrons. The predicted octanol–water partition coefficient (Wildman–Crippen LogP) is 9.11. The van der Waals surface area contributed by atoms with E-state index in [2.05, 4.69) is 24.0 Å². The molecule has 1 heterocycles. The Balaban J connectivity index is 1.43. The molecular formula is C30H45FN2. The molecule has 0 unspecified atom stereocenters. The van der Waals surface area contributed by atoms with Crippen molar-refractivity contribution in [3.8, 4) is 11.3 Å². The van der Waals surface area contributed by atoms with Gasteiger partial charge in [0.25, 0.3) is 0 Å². The van der Waals surface area contributed by atoms with Crippen molar-refractivity contribution in [3.63, 3.8) is 0 Å². The third-order valence-electron chi connectivity index (χ3n) is 7.61.